The van der Waals surface area contributed by atoms with Crippen molar-refractivity contribution in [2.75, 3.05) is 10.6 Å². The van der Waals surface area contributed by atoms with Crippen molar-refractivity contribution in [3.8, 4) is 0 Å². The Kier molecular flexibility index (Phi) is 5.10. The Morgan fingerprint density at radius 3 is 2.27 bits per heavy atom. The molecule has 0 radical (unpaired) electrons. The number of aryl methyl sites for hydroxylation is 1. The summed E-state index contributed by atoms with van der Waals surface area (Å²) in [6.07, 6.45) is 0. The molecule has 8 nitrogen and oxygen atoms in total. The van der Waals surface area contributed by atoms with E-state index in [0.29, 0.717) is 16.5 Å². The number of thioether (sulfide) groups is 1. The van der Waals surface area contributed by atoms with Crippen LogP contribution < -0.4 is 10.6 Å². The van der Waals surface area contributed by atoms with Gasteiger partial charge in [0.1, 0.15) is 0 Å². The summed E-state index contributed by atoms with van der Waals surface area (Å²) >= 11 is 1.27. The van der Waals surface area contributed by atoms with Gasteiger partial charge in [-0.3, -0.25) is 9.59 Å². The Labute approximate surface area is 131 Å². The summed E-state index contributed by atoms with van der Waals surface area (Å²) in [7, 11) is 1.72. The summed E-state index contributed by atoms with van der Waals surface area (Å²) < 4.78 is 1.51. The Bertz CT molecular complexity index is 669. The molecular weight excluding hydrogens is 304 g/mol. The molecule has 22 heavy (non-hydrogen) atoms. The number of amides is 2. The van der Waals surface area contributed by atoms with Gasteiger partial charge in [-0.15, -0.1) is 5.10 Å². The van der Waals surface area contributed by atoms with Crippen LogP contribution in [-0.4, -0.2) is 37.3 Å². The molecule has 2 amide bonds. The lowest BCUT2D eigenvalue weighted by Gasteiger charge is -2.11. The Morgan fingerprint density at radius 2 is 1.77 bits per heavy atom. The predicted molar refractivity (Wildman–Crippen MR) is 83.5 cm³/mol. The minimum atomic E-state index is -0.347. The van der Waals surface area contributed by atoms with Crippen molar-refractivity contribution in [3.05, 3.63) is 24.3 Å². The van der Waals surface area contributed by atoms with Gasteiger partial charge in [-0.1, -0.05) is 11.8 Å². The molecule has 0 saturated carbocycles. The van der Waals surface area contributed by atoms with Gasteiger partial charge in [-0.25, -0.2) is 4.68 Å². The summed E-state index contributed by atoms with van der Waals surface area (Å²) in [4.78, 5) is 23.1. The number of nitrogens with zero attached hydrogens (tertiary/aromatic N) is 4. The van der Waals surface area contributed by atoms with Crippen molar-refractivity contribution in [1.29, 1.82) is 0 Å². The zero-order valence-electron chi connectivity index (χ0n) is 12.4. The molecule has 0 spiro atoms. The van der Waals surface area contributed by atoms with Crippen LogP contribution in [0.2, 0.25) is 0 Å². The van der Waals surface area contributed by atoms with Gasteiger partial charge < -0.3 is 10.6 Å². The first-order valence-corrected chi connectivity index (χ1v) is 7.41. The zero-order valence-corrected chi connectivity index (χ0v) is 13.2. The maximum atomic E-state index is 12.1. The fraction of sp³-hybridized carbons (Fsp3) is 0.308. The molecule has 0 aliphatic heterocycles. The monoisotopic (exact) mass is 320 g/mol. The standard InChI is InChI=1S/C13H16N6O2S/c1-8(22-13-16-17-18-19(13)3)12(21)15-11-6-4-10(5-7-11)14-9(2)20/h4-8H,1-3H3,(H,14,20)(H,15,21)/t8-/m0/s1. The molecule has 2 aromatic rings. The van der Waals surface area contributed by atoms with Crippen LogP contribution in [-0.2, 0) is 16.6 Å². The van der Waals surface area contributed by atoms with Gasteiger partial charge in [0.25, 0.3) is 0 Å². The first kappa shape index (κ1) is 16.0. The van der Waals surface area contributed by atoms with Crippen LogP contribution in [0.1, 0.15) is 13.8 Å². The van der Waals surface area contributed by atoms with E-state index in [1.165, 1.54) is 23.4 Å². The quantitative estimate of drug-likeness (QED) is 0.805. The minimum Gasteiger partial charge on any atom is -0.326 e. The molecule has 2 N–H and O–H groups in total. The molecule has 0 aliphatic rings. The van der Waals surface area contributed by atoms with E-state index in [9.17, 15) is 9.59 Å². The van der Waals surface area contributed by atoms with E-state index in [-0.39, 0.29) is 17.1 Å². The Balaban J connectivity index is 1.93. The highest BCUT2D eigenvalue weighted by Gasteiger charge is 2.17. The zero-order chi connectivity index (χ0) is 16.1. The fourth-order valence-electron chi connectivity index (χ4n) is 1.62. The third kappa shape index (κ3) is 4.29. The van der Waals surface area contributed by atoms with Crippen molar-refractivity contribution in [2.24, 2.45) is 7.05 Å². The molecule has 0 fully saturated rings. The number of hydrogen-bond acceptors (Lipinski definition) is 6. The summed E-state index contributed by atoms with van der Waals surface area (Å²) in [5, 5.41) is 16.8. The van der Waals surface area contributed by atoms with Crippen LogP contribution in [0.25, 0.3) is 0 Å². The fourth-order valence-corrected chi connectivity index (χ4v) is 2.37. The van der Waals surface area contributed by atoms with Gasteiger partial charge in [0.15, 0.2) is 0 Å². The van der Waals surface area contributed by atoms with Gasteiger partial charge >= 0.3 is 0 Å². The second-order valence-corrected chi connectivity index (χ2v) is 5.90. The van der Waals surface area contributed by atoms with Crippen LogP contribution in [0.15, 0.2) is 29.4 Å². The third-order valence-corrected chi connectivity index (χ3v) is 3.83. The molecule has 1 heterocycles. The van der Waals surface area contributed by atoms with E-state index in [2.05, 4.69) is 26.2 Å². The number of benzene rings is 1. The topological polar surface area (TPSA) is 102 Å². The molecule has 1 atom stereocenters. The maximum Gasteiger partial charge on any atom is 0.237 e. The molecule has 0 unspecified atom stereocenters. The summed E-state index contributed by atoms with van der Waals surface area (Å²) in [5.74, 6) is -0.292. The van der Waals surface area contributed by atoms with Gasteiger partial charge in [-0.2, -0.15) is 0 Å². The van der Waals surface area contributed by atoms with Gasteiger partial charge in [-0.05, 0) is 41.6 Å². The normalized spacial score (nSPS) is 11.8. The average Bonchev–Trinajstić information content (AvgIpc) is 2.86. The molecule has 1 aromatic carbocycles. The van der Waals surface area contributed by atoms with E-state index in [4.69, 9.17) is 0 Å². The molecule has 116 valence electrons. The van der Waals surface area contributed by atoms with Gasteiger partial charge in [0.05, 0.1) is 5.25 Å². The van der Waals surface area contributed by atoms with Crippen LogP contribution >= 0.6 is 11.8 Å². The van der Waals surface area contributed by atoms with Crippen molar-refractivity contribution in [2.45, 2.75) is 24.3 Å². The number of anilines is 2. The number of carbonyl (C=O) groups excluding carboxylic acids is 2. The molecule has 2 rings (SSSR count). The number of rotatable bonds is 5. The van der Waals surface area contributed by atoms with Crippen molar-refractivity contribution >= 4 is 35.0 Å². The second kappa shape index (κ2) is 7.03. The maximum absolute atomic E-state index is 12.1. The number of tetrazole rings is 1. The van der Waals surface area contributed by atoms with E-state index in [1.807, 2.05) is 0 Å². The average molecular weight is 320 g/mol. The number of hydrogen-bond donors (Lipinski definition) is 2. The second-order valence-electron chi connectivity index (χ2n) is 4.59. The molecule has 9 heteroatoms. The molecule has 0 saturated heterocycles. The predicted octanol–water partition coefficient (Wildman–Crippen LogP) is 1.29. The smallest absolute Gasteiger partial charge is 0.237 e. The van der Waals surface area contributed by atoms with Crippen LogP contribution in [0.4, 0.5) is 11.4 Å². The molecule has 1 aromatic heterocycles. The SMILES string of the molecule is CC(=O)Nc1ccc(NC(=O)[C@H](C)Sc2nnnn2C)cc1. The molecular formula is C13H16N6O2S. The lowest BCUT2D eigenvalue weighted by atomic mass is 10.2. The molecule has 0 bridgehead atoms. The van der Waals surface area contributed by atoms with E-state index in [0.717, 1.165) is 0 Å². The summed E-state index contributed by atoms with van der Waals surface area (Å²) in [6, 6.07) is 6.90. The highest BCUT2D eigenvalue weighted by Crippen LogP contribution is 2.21. The lowest BCUT2D eigenvalue weighted by molar-refractivity contribution is -0.115. The Hall–Kier alpha value is -2.42. The minimum absolute atomic E-state index is 0.140. The van der Waals surface area contributed by atoms with Crippen molar-refractivity contribution in [3.63, 3.8) is 0 Å². The number of carbonyl (C=O) groups is 2. The summed E-state index contributed by atoms with van der Waals surface area (Å²) in [5.41, 5.74) is 1.33. The van der Waals surface area contributed by atoms with Crippen molar-refractivity contribution in [1.82, 2.24) is 20.2 Å². The van der Waals surface area contributed by atoms with Crippen LogP contribution in [0.5, 0.6) is 0 Å². The van der Waals surface area contributed by atoms with Gasteiger partial charge in [0.2, 0.25) is 17.0 Å². The van der Waals surface area contributed by atoms with Crippen LogP contribution in [0, 0.1) is 0 Å². The van der Waals surface area contributed by atoms with E-state index in [1.54, 1.807) is 38.2 Å². The lowest BCUT2D eigenvalue weighted by Crippen LogP contribution is -2.22. The van der Waals surface area contributed by atoms with E-state index < -0.39 is 0 Å². The highest BCUT2D eigenvalue weighted by atomic mass is 32.2. The first-order chi connectivity index (χ1) is 10.5. The van der Waals surface area contributed by atoms with Gasteiger partial charge in [0, 0.05) is 25.3 Å². The summed E-state index contributed by atoms with van der Waals surface area (Å²) in [6.45, 7) is 3.22. The highest BCUT2D eigenvalue weighted by molar-refractivity contribution is 8.00. The van der Waals surface area contributed by atoms with Crippen LogP contribution in [0.3, 0.4) is 0 Å². The van der Waals surface area contributed by atoms with E-state index >= 15 is 0 Å². The molecule has 0 aliphatic carbocycles. The Morgan fingerprint density at radius 1 is 1.18 bits per heavy atom. The van der Waals surface area contributed by atoms with Crippen molar-refractivity contribution < 1.29 is 9.59 Å². The number of aromatic nitrogens is 4. The first-order valence-electron chi connectivity index (χ1n) is 6.53. The third-order valence-electron chi connectivity index (χ3n) is 2.71. The number of nitrogens with one attached hydrogen (secondary N) is 2. The largest absolute Gasteiger partial charge is 0.326 e.